The van der Waals surface area contributed by atoms with Gasteiger partial charge in [0.1, 0.15) is 12.2 Å². The lowest BCUT2D eigenvalue weighted by Gasteiger charge is -2.47. The van der Waals surface area contributed by atoms with Crippen LogP contribution in [0.1, 0.15) is 47.4 Å². The van der Waals surface area contributed by atoms with Gasteiger partial charge in [-0.1, -0.05) is 12.1 Å². The summed E-state index contributed by atoms with van der Waals surface area (Å²) in [6.45, 7) is -1.65. The molecule has 0 spiro atoms. The van der Waals surface area contributed by atoms with Gasteiger partial charge in [0, 0.05) is 0 Å². The van der Waals surface area contributed by atoms with Crippen LogP contribution in [0.3, 0.4) is 0 Å². The van der Waals surface area contributed by atoms with Gasteiger partial charge in [-0.2, -0.15) is 378 Å². The van der Waals surface area contributed by atoms with Crippen LogP contribution < -0.4 is 0 Å². The molecule has 0 aliphatic carbocycles. The number of rotatable bonds is 46. The van der Waals surface area contributed by atoms with E-state index in [1.165, 1.54) is 0 Å². The molecule has 0 amide bonds. The predicted octanol–water partition coefficient (Wildman–Crippen LogP) is 30.1. The second-order valence-electron chi connectivity index (χ2n) is 28.6. The zero-order valence-electron chi connectivity index (χ0n) is 64.0. The Morgan fingerprint density at radius 1 is 0.158 bits per heavy atom. The van der Waals surface area contributed by atoms with Crippen molar-refractivity contribution in [1.29, 1.82) is 0 Å². The van der Waals surface area contributed by atoms with Gasteiger partial charge in [-0.25, -0.2) is 9.59 Å². The molecule has 2 atom stereocenters. The highest BCUT2D eigenvalue weighted by molar-refractivity contribution is 6.03. The smallest absolute Gasteiger partial charge is 0.459 e. The topological polar surface area (TPSA) is 52.6 Å². The minimum absolute atomic E-state index is 0.0479. The molecule has 0 bridgehead atoms. The number of alkyl halides is 86. The third-order valence-electron chi connectivity index (χ3n) is 18.9. The zero-order chi connectivity index (χ0) is 120. The van der Waals surface area contributed by atoms with Crippen molar-refractivity contribution in [1.82, 2.24) is 0 Å². The summed E-state index contributed by atoms with van der Waals surface area (Å²) in [5.41, 5.74) is -4.73. The quantitative estimate of drug-likeness (QED) is 0.0482. The Bertz CT molecular complexity index is 4520. The van der Waals surface area contributed by atoms with Crippen LogP contribution >= 0.6 is 0 Å². The molecule has 1 aromatic rings. The summed E-state index contributed by atoms with van der Waals surface area (Å²) < 4.78 is 1230. The highest BCUT2D eigenvalue weighted by Crippen LogP contribution is 2.77. The van der Waals surface area contributed by atoms with Crippen molar-refractivity contribution in [2.45, 2.75) is 288 Å². The van der Waals surface area contributed by atoms with Gasteiger partial charge in [0.15, 0.2) is 0 Å². The number of esters is 2. The number of halogens is 86. The average molecular weight is 2390 g/mol. The number of carbonyl (C=O) groups is 2. The monoisotopic (exact) mass is 2390 g/mol. The molecule has 0 heterocycles. The molecule has 0 aromatic heterocycles. The maximum atomic E-state index is 15.0. The van der Waals surface area contributed by atoms with E-state index in [0.29, 0.717) is 0 Å². The molecule has 866 valence electrons. The molecular formula is C56H16F86O4. The fourth-order valence-corrected chi connectivity index (χ4v) is 9.91. The van der Waals surface area contributed by atoms with Crippen LogP contribution in [0, 0.1) is 0 Å². The van der Waals surface area contributed by atoms with Gasteiger partial charge in [0.25, 0.3) is 0 Å². The van der Waals surface area contributed by atoms with E-state index in [1.807, 2.05) is 0 Å². The normalized spacial score (nSPS) is 17.4. The van der Waals surface area contributed by atoms with E-state index >= 15 is 0 Å². The van der Waals surface area contributed by atoms with Crippen molar-refractivity contribution < 1.29 is 397 Å². The fraction of sp³-hybridized carbons (Fsp3) is 0.857. The molecular weight excluding hydrogens is 2370 g/mol. The van der Waals surface area contributed by atoms with Crippen LogP contribution in [0.5, 0.6) is 0 Å². The SMILES string of the molecule is CC(CC(F)(F)C(F)(F)C(F)(F)C(F)(F)C(F)(F)C(F)(F)C(F)(F)C(F)(F)C(F)(F)C(F)(F)C(F)(F)C(F)(F)C(F)(F)C(F)(F)C(F)(F)C(F)(F)C(F)(F)C(F)(F)C(F)(F)C(F)(F)C(F)(F)F)OC(=O)c1ccccc1C(=O)OC(C)CC(F)(F)C(F)(F)C(F)(F)C(F)(F)C(F)(F)C(F)(F)C(F)(F)C(F)(F)C(F)(F)C(F)(F)C(F)(F)C(F)(F)C(F)(F)C(F)(F)C(F)(F)C(F)(F)C(F)(F)C(F)(F)C(F)(F)C(F)(F)C(F)(F)F. The average Bonchev–Trinajstić information content (AvgIpc) is 0.671. The summed E-state index contributed by atoms with van der Waals surface area (Å²) in [7, 11) is 0. The second-order valence-corrected chi connectivity index (χ2v) is 28.6. The number of benzene rings is 1. The van der Waals surface area contributed by atoms with Crippen LogP contribution in [0.4, 0.5) is 378 Å². The number of hydrogen-bond acceptors (Lipinski definition) is 4. The second kappa shape index (κ2) is 34.8. The van der Waals surface area contributed by atoms with Crippen molar-refractivity contribution >= 4 is 11.9 Å². The lowest BCUT2D eigenvalue weighted by molar-refractivity contribution is -0.496. The molecule has 90 heteroatoms. The van der Waals surface area contributed by atoms with Crippen LogP contribution in [0.15, 0.2) is 24.3 Å². The van der Waals surface area contributed by atoms with Crippen LogP contribution in [-0.4, -0.2) is 273 Å². The van der Waals surface area contributed by atoms with E-state index in [4.69, 9.17) is 0 Å². The molecule has 0 fully saturated rings. The molecule has 2 unspecified atom stereocenters. The molecule has 1 aromatic carbocycles. The molecule has 0 aliphatic rings. The van der Waals surface area contributed by atoms with Crippen molar-refractivity contribution in [3.05, 3.63) is 35.4 Å². The zero-order valence-corrected chi connectivity index (χ0v) is 64.0. The molecule has 0 saturated heterocycles. The Labute approximate surface area is 732 Å². The molecule has 0 N–H and O–H groups in total. The first-order chi connectivity index (χ1) is 61.8. The Hall–Kier alpha value is -7.86. The van der Waals surface area contributed by atoms with Crippen LogP contribution in [0.25, 0.3) is 0 Å². The largest absolute Gasteiger partial charge is 0.460 e. The third-order valence-corrected chi connectivity index (χ3v) is 18.9. The van der Waals surface area contributed by atoms with Crippen molar-refractivity contribution in [3.63, 3.8) is 0 Å². The molecule has 0 saturated carbocycles. The molecule has 146 heavy (non-hydrogen) atoms. The number of carbonyl (C=O) groups excluding carboxylic acids is 2. The standard InChI is InChI=1S/C56H16F86O4/c1-9(7-15(57,58)17(61,62)19(65,66)21(69,70)23(73,74)25(77,78)27(81,82)29(85,86)31(89,90)33(93,94)35(97,98)37(101,102)39(105,106)41(109,110)43(113,114)45(117,118)47(121,122)49(125,126)51(129,130)53(133,134)55(137,138)139)145-13(143)11-5-3-4-6-12(11)14(144)146-10(2)8-16(59,60)18(63,64)20(67,68)22(71,72)24(75,76)26(79,80)28(83,84)30(87,88)32(91,92)34(95,96)36(99,100)38(103,104)40(107,108)42(111,112)44(115,116)46(119,120)48(123,124)50(127,128)52(131,132)54(135,136)56(140,141)142/h3-6,9-10H,7-8H2,1-2H3. The van der Waals surface area contributed by atoms with Gasteiger partial charge in [-0.15, -0.1) is 0 Å². The van der Waals surface area contributed by atoms with Crippen molar-refractivity contribution in [3.8, 4) is 0 Å². The lowest BCUT2D eigenvalue weighted by atomic mass is 9.81. The number of ether oxygens (including phenoxy) is 2. The summed E-state index contributed by atoms with van der Waals surface area (Å²) >= 11 is 0. The van der Waals surface area contributed by atoms with E-state index < -0.39 is 323 Å². The van der Waals surface area contributed by atoms with Crippen molar-refractivity contribution in [2.75, 3.05) is 0 Å². The first-order valence-corrected chi connectivity index (χ1v) is 32.5. The van der Waals surface area contributed by atoms with Gasteiger partial charge >= 0.3 is 261 Å². The third kappa shape index (κ3) is 16.4. The van der Waals surface area contributed by atoms with Crippen molar-refractivity contribution in [2.24, 2.45) is 0 Å². The van der Waals surface area contributed by atoms with E-state index in [2.05, 4.69) is 9.47 Å². The van der Waals surface area contributed by atoms with E-state index in [-0.39, 0.29) is 12.1 Å². The van der Waals surface area contributed by atoms with Gasteiger partial charge in [-0.05, 0) is 26.0 Å². The Morgan fingerprint density at radius 3 is 0.329 bits per heavy atom. The summed E-state index contributed by atoms with van der Waals surface area (Å²) in [4.78, 5) is 25.6. The maximum Gasteiger partial charge on any atom is 0.460 e. The molecule has 1 rings (SSSR count). The Morgan fingerprint density at radius 2 is 0.240 bits per heavy atom. The van der Waals surface area contributed by atoms with Gasteiger partial charge in [0.2, 0.25) is 0 Å². The summed E-state index contributed by atoms with van der Waals surface area (Å²) in [5.74, 6) is -424. The molecule has 0 aliphatic heterocycles. The number of hydrogen-bond donors (Lipinski definition) is 0. The van der Waals surface area contributed by atoms with Gasteiger partial charge < -0.3 is 9.47 Å². The minimum Gasteiger partial charge on any atom is -0.459 e. The fourth-order valence-electron chi connectivity index (χ4n) is 9.91. The first kappa shape index (κ1) is 136. The summed E-state index contributed by atoms with van der Waals surface area (Å²) in [5, 5.41) is 0. The van der Waals surface area contributed by atoms with Crippen LogP contribution in [-0.2, 0) is 9.47 Å². The lowest BCUT2D eigenvalue weighted by Crippen LogP contribution is -2.80. The van der Waals surface area contributed by atoms with Gasteiger partial charge in [-0.3, -0.25) is 0 Å². The Balaban J connectivity index is 4.00. The molecule has 4 nitrogen and oxygen atoms in total. The van der Waals surface area contributed by atoms with Crippen LogP contribution in [0.2, 0.25) is 0 Å². The maximum absolute atomic E-state index is 15.0. The van der Waals surface area contributed by atoms with E-state index in [0.717, 1.165) is 0 Å². The van der Waals surface area contributed by atoms with E-state index in [9.17, 15) is 387 Å². The highest BCUT2D eigenvalue weighted by Gasteiger charge is 3.08. The summed E-state index contributed by atoms with van der Waals surface area (Å²) in [6, 6.07) is -1.00. The van der Waals surface area contributed by atoms with E-state index in [1.54, 1.807) is 0 Å². The summed E-state index contributed by atoms with van der Waals surface area (Å²) in [6.07, 6.45) is -34.4. The Kier molecular flexibility index (Phi) is 32.5. The first-order valence-electron chi connectivity index (χ1n) is 32.5. The highest BCUT2D eigenvalue weighted by atomic mass is 19.5. The minimum atomic E-state index is -11.1. The van der Waals surface area contributed by atoms with Gasteiger partial charge in [0.05, 0.1) is 24.0 Å². The molecule has 0 radical (unpaired) electrons. The predicted molar refractivity (Wildman–Crippen MR) is 275 cm³/mol.